The number of unbranched alkanes of at least 4 members (excludes halogenated alkanes) is 1. The maximum Gasteiger partial charge on any atom is 0.238 e. The molecule has 1 atom stereocenters. The van der Waals surface area contributed by atoms with Gasteiger partial charge in [0.05, 0.1) is 13.7 Å². The van der Waals surface area contributed by atoms with Crippen LogP contribution >= 0.6 is 0 Å². The molecule has 1 aromatic rings. The molecule has 0 fully saturated rings. The topological polar surface area (TPSA) is 50.4 Å². The van der Waals surface area contributed by atoms with E-state index in [0.717, 1.165) is 24.4 Å². The fourth-order valence-electron chi connectivity index (χ4n) is 2.21. The van der Waals surface area contributed by atoms with Crippen LogP contribution in [0.3, 0.4) is 0 Å². The van der Waals surface area contributed by atoms with Crippen molar-refractivity contribution in [1.29, 1.82) is 0 Å². The second-order valence-electron chi connectivity index (χ2n) is 5.32. The standard InChI is InChI=1S/C17H28N2O2/c1-4-6-7-14(5-2)12-18-13-17(20)19-15-8-10-16(21-3)11-9-15/h8-11,14,18H,4-7,12-13H2,1-3H3,(H,19,20). The lowest BCUT2D eigenvalue weighted by Gasteiger charge is -2.15. The molecule has 0 heterocycles. The van der Waals surface area contributed by atoms with E-state index in [9.17, 15) is 4.79 Å². The molecule has 0 aliphatic heterocycles. The van der Waals surface area contributed by atoms with Crippen molar-refractivity contribution in [2.24, 2.45) is 5.92 Å². The van der Waals surface area contributed by atoms with E-state index >= 15 is 0 Å². The molecule has 0 aromatic heterocycles. The molecular formula is C17H28N2O2. The van der Waals surface area contributed by atoms with Crippen molar-refractivity contribution in [1.82, 2.24) is 5.32 Å². The second kappa shape index (κ2) is 10.2. The van der Waals surface area contributed by atoms with Crippen LogP contribution in [-0.2, 0) is 4.79 Å². The van der Waals surface area contributed by atoms with Crippen LogP contribution in [-0.4, -0.2) is 26.1 Å². The van der Waals surface area contributed by atoms with Crippen LogP contribution in [0.5, 0.6) is 5.75 Å². The largest absolute Gasteiger partial charge is 0.497 e. The maximum atomic E-state index is 11.8. The van der Waals surface area contributed by atoms with Gasteiger partial charge < -0.3 is 15.4 Å². The first-order chi connectivity index (χ1) is 10.2. The molecule has 118 valence electrons. The minimum atomic E-state index is -0.00879. The maximum absolute atomic E-state index is 11.8. The number of carbonyl (C=O) groups excluding carboxylic acids is 1. The fourth-order valence-corrected chi connectivity index (χ4v) is 2.21. The molecule has 1 amide bonds. The number of ether oxygens (including phenoxy) is 1. The molecular weight excluding hydrogens is 264 g/mol. The van der Waals surface area contributed by atoms with E-state index in [-0.39, 0.29) is 5.91 Å². The molecule has 0 radical (unpaired) electrons. The summed E-state index contributed by atoms with van der Waals surface area (Å²) in [6.45, 7) is 5.68. The number of hydrogen-bond donors (Lipinski definition) is 2. The summed E-state index contributed by atoms with van der Waals surface area (Å²) < 4.78 is 5.08. The van der Waals surface area contributed by atoms with Gasteiger partial charge in [-0.3, -0.25) is 4.79 Å². The predicted molar refractivity (Wildman–Crippen MR) is 87.8 cm³/mol. The number of amides is 1. The summed E-state index contributed by atoms with van der Waals surface area (Å²) in [6, 6.07) is 7.35. The van der Waals surface area contributed by atoms with Gasteiger partial charge in [0.2, 0.25) is 5.91 Å². The van der Waals surface area contributed by atoms with E-state index in [0.29, 0.717) is 12.5 Å². The van der Waals surface area contributed by atoms with E-state index in [4.69, 9.17) is 4.74 Å². The van der Waals surface area contributed by atoms with E-state index in [1.807, 2.05) is 24.3 Å². The van der Waals surface area contributed by atoms with Crippen molar-refractivity contribution in [3.05, 3.63) is 24.3 Å². The highest BCUT2D eigenvalue weighted by atomic mass is 16.5. The van der Waals surface area contributed by atoms with Gasteiger partial charge in [-0.25, -0.2) is 0 Å². The van der Waals surface area contributed by atoms with Gasteiger partial charge in [-0.15, -0.1) is 0 Å². The lowest BCUT2D eigenvalue weighted by atomic mass is 9.99. The summed E-state index contributed by atoms with van der Waals surface area (Å²) in [7, 11) is 1.63. The Morgan fingerprint density at radius 3 is 2.52 bits per heavy atom. The van der Waals surface area contributed by atoms with Crippen LogP contribution in [0.15, 0.2) is 24.3 Å². The molecule has 0 aliphatic carbocycles. The van der Waals surface area contributed by atoms with Gasteiger partial charge >= 0.3 is 0 Å². The summed E-state index contributed by atoms with van der Waals surface area (Å²) in [4.78, 5) is 11.8. The molecule has 4 nitrogen and oxygen atoms in total. The van der Waals surface area contributed by atoms with E-state index < -0.39 is 0 Å². The average Bonchev–Trinajstić information content (AvgIpc) is 2.51. The Morgan fingerprint density at radius 2 is 1.95 bits per heavy atom. The third-order valence-corrected chi connectivity index (χ3v) is 3.64. The zero-order valence-electron chi connectivity index (χ0n) is 13.4. The number of methoxy groups -OCH3 is 1. The lowest BCUT2D eigenvalue weighted by Crippen LogP contribution is -2.31. The third-order valence-electron chi connectivity index (χ3n) is 3.64. The first-order valence-corrected chi connectivity index (χ1v) is 7.84. The Labute approximate surface area is 128 Å². The summed E-state index contributed by atoms with van der Waals surface area (Å²) in [5.74, 6) is 1.44. The van der Waals surface area contributed by atoms with Crippen LogP contribution in [0.1, 0.15) is 39.5 Å². The van der Waals surface area contributed by atoms with Crippen LogP contribution in [0.4, 0.5) is 5.69 Å². The molecule has 21 heavy (non-hydrogen) atoms. The normalized spacial score (nSPS) is 12.0. The monoisotopic (exact) mass is 292 g/mol. The average molecular weight is 292 g/mol. The van der Waals surface area contributed by atoms with Crippen LogP contribution in [0, 0.1) is 5.92 Å². The molecule has 2 N–H and O–H groups in total. The minimum absolute atomic E-state index is 0.00879. The van der Waals surface area contributed by atoms with Crippen molar-refractivity contribution >= 4 is 11.6 Å². The summed E-state index contributed by atoms with van der Waals surface area (Å²) >= 11 is 0. The van der Waals surface area contributed by atoms with Gasteiger partial charge in [-0.05, 0) is 43.1 Å². The SMILES string of the molecule is CCCCC(CC)CNCC(=O)Nc1ccc(OC)cc1. The van der Waals surface area contributed by atoms with Crippen molar-refractivity contribution in [2.75, 3.05) is 25.5 Å². The zero-order valence-corrected chi connectivity index (χ0v) is 13.4. The van der Waals surface area contributed by atoms with E-state index in [1.165, 1.54) is 19.3 Å². The summed E-state index contributed by atoms with van der Waals surface area (Å²) in [5, 5.41) is 6.12. The van der Waals surface area contributed by atoms with E-state index in [2.05, 4.69) is 24.5 Å². The number of hydrogen-bond acceptors (Lipinski definition) is 3. The Balaban J connectivity index is 2.26. The number of anilines is 1. The highest BCUT2D eigenvalue weighted by Gasteiger charge is 2.07. The number of nitrogens with one attached hydrogen (secondary N) is 2. The van der Waals surface area contributed by atoms with Gasteiger partial charge in [0.25, 0.3) is 0 Å². The summed E-state index contributed by atoms with van der Waals surface area (Å²) in [6.07, 6.45) is 4.89. The van der Waals surface area contributed by atoms with Crippen LogP contribution in [0.2, 0.25) is 0 Å². The molecule has 1 rings (SSSR count). The minimum Gasteiger partial charge on any atom is -0.497 e. The fraction of sp³-hybridized carbons (Fsp3) is 0.588. The van der Waals surface area contributed by atoms with E-state index in [1.54, 1.807) is 7.11 Å². The van der Waals surface area contributed by atoms with Crippen molar-refractivity contribution in [3.63, 3.8) is 0 Å². The smallest absolute Gasteiger partial charge is 0.238 e. The molecule has 0 spiro atoms. The molecule has 0 saturated heterocycles. The van der Waals surface area contributed by atoms with Gasteiger partial charge in [0.1, 0.15) is 5.75 Å². The summed E-state index contributed by atoms with van der Waals surface area (Å²) in [5.41, 5.74) is 0.792. The molecule has 1 unspecified atom stereocenters. The number of rotatable bonds is 10. The Kier molecular flexibility index (Phi) is 8.51. The highest BCUT2D eigenvalue weighted by molar-refractivity contribution is 5.92. The van der Waals surface area contributed by atoms with Crippen LogP contribution in [0.25, 0.3) is 0 Å². The quantitative estimate of drug-likeness (QED) is 0.694. The third kappa shape index (κ3) is 7.14. The van der Waals surface area contributed by atoms with Crippen molar-refractivity contribution in [2.45, 2.75) is 39.5 Å². The predicted octanol–water partition coefficient (Wildman–Crippen LogP) is 3.44. The molecule has 4 heteroatoms. The van der Waals surface area contributed by atoms with Crippen molar-refractivity contribution in [3.8, 4) is 5.75 Å². The number of benzene rings is 1. The van der Waals surface area contributed by atoms with Crippen molar-refractivity contribution < 1.29 is 9.53 Å². The van der Waals surface area contributed by atoms with Gasteiger partial charge in [-0.1, -0.05) is 33.1 Å². The first-order valence-electron chi connectivity index (χ1n) is 7.84. The van der Waals surface area contributed by atoms with Gasteiger partial charge in [-0.2, -0.15) is 0 Å². The molecule has 0 bridgehead atoms. The highest BCUT2D eigenvalue weighted by Crippen LogP contribution is 2.14. The molecule has 1 aromatic carbocycles. The van der Waals surface area contributed by atoms with Crippen LogP contribution < -0.4 is 15.4 Å². The second-order valence-corrected chi connectivity index (χ2v) is 5.32. The van der Waals surface area contributed by atoms with Gasteiger partial charge in [0, 0.05) is 5.69 Å². The zero-order chi connectivity index (χ0) is 15.5. The molecule has 0 saturated carbocycles. The Bertz CT molecular complexity index is 404. The Morgan fingerprint density at radius 1 is 1.24 bits per heavy atom. The van der Waals surface area contributed by atoms with Gasteiger partial charge in [0.15, 0.2) is 0 Å². The Hall–Kier alpha value is -1.55. The number of carbonyl (C=O) groups is 1. The first kappa shape index (κ1) is 17.5. The lowest BCUT2D eigenvalue weighted by molar-refractivity contribution is -0.115. The molecule has 0 aliphatic rings.